The van der Waals surface area contributed by atoms with Crippen molar-refractivity contribution in [1.29, 1.82) is 0 Å². The second-order valence-electron chi connectivity index (χ2n) is 6.71. The number of carbonyl (C=O) groups is 1. The molecule has 5 nitrogen and oxygen atoms in total. The number of methoxy groups -OCH3 is 1. The minimum absolute atomic E-state index is 0.111. The number of amides is 1. The fourth-order valence-corrected chi connectivity index (χ4v) is 3.13. The molecule has 2 aromatic rings. The van der Waals surface area contributed by atoms with Gasteiger partial charge in [0, 0.05) is 17.7 Å². The lowest BCUT2D eigenvalue weighted by Gasteiger charge is -2.38. The highest BCUT2D eigenvalue weighted by atomic mass is 19.1. The molecule has 1 atom stereocenters. The molecule has 0 radical (unpaired) electrons. The smallest absolute Gasteiger partial charge is 0.258 e. The van der Waals surface area contributed by atoms with E-state index in [-0.39, 0.29) is 17.4 Å². The van der Waals surface area contributed by atoms with Crippen LogP contribution in [0.15, 0.2) is 36.4 Å². The standard InChI is InChI=1S/C19H21FN2O3/c1-19(2)10-14(12-9-11(21)7-8-15(12)25-19)22-18(23)17-13(20)5-4-6-16(17)24-3/h4-9,14H,10,21H2,1-3H3,(H,22,23). The number of fused-ring (bicyclic) bond motifs is 1. The lowest BCUT2D eigenvalue weighted by atomic mass is 9.89. The van der Waals surface area contributed by atoms with Crippen LogP contribution >= 0.6 is 0 Å². The molecule has 0 saturated heterocycles. The van der Waals surface area contributed by atoms with Crippen molar-refractivity contribution in [3.05, 3.63) is 53.3 Å². The van der Waals surface area contributed by atoms with E-state index in [1.54, 1.807) is 24.3 Å². The highest BCUT2D eigenvalue weighted by Gasteiger charge is 2.35. The van der Waals surface area contributed by atoms with E-state index in [1.165, 1.54) is 19.2 Å². The lowest BCUT2D eigenvalue weighted by molar-refractivity contribution is 0.0618. The minimum atomic E-state index is -0.629. The van der Waals surface area contributed by atoms with E-state index >= 15 is 0 Å². The normalized spacial score (nSPS) is 18.0. The second-order valence-corrected chi connectivity index (χ2v) is 6.71. The largest absolute Gasteiger partial charge is 0.496 e. The average molecular weight is 344 g/mol. The van der Waals surface area contributed by atoms with Crippen LogP contribution < -0.4 is 20.5 Å². The molecule has 0 bridgehead atoms. The SMILES string of the molecule is COc1cccc(F)c1C(=O)NC1CC(C)(C)Oc2ccc(N)cc21. The first kappa shape index (κ1) is 17.1. The molecular weight excluding hydrogens is 323 g/mol. The zero-order valence-electron chi connectivity index (χ0n) is 14.4. The van der Waals surface area contributed by atoms with Crippen LogP contribution in [0.2, 0.25) is 0 Å². The number of ether oxygens (including phenoxy) is 2. The molecule has 25 heavy (non-hydrogen) atoms. The van der Waals surface area contributed by atoms with Crippen molar-refractivity contribution in [2.45, 2.75) is 31.9 Å². The molecule has 3 N–H and O–H groups in total. The van der Waals surface area contributed by atoms with Gasteiger partial charge in [-0.25, -0.2) is 4.39 Å². The van der Waals surface area contributed by atoms with Gasteiger partial charge in [-0.15, -0.1) is 0 Å². The molecule has 6 heteroatoms. The van der Waals surface area contributed by atoms with Crippen molar-refractivity contribution < 1.29 is 18.7 Å². The summed E-state index contributed by atoms with van der Waals surface area (Å²) >= 11 is 0. The van der Waals surface area contributed by atoms with E-state index in [2.05, 4.69) is 5.32 Å². The third-order valence-electron chi connectivity index (χ3n) is 4.22. The quantitative estimate of drug-likeness (QED) is 0.837. The Bertz CT molecular complexity index is 820. The van der Waals surface area contributed by atoms with Gasteiger partial charge in [0.05, 0.1) is 13.2 Å². The molecule has 0 saturated carbocycles. The molecule has 132 valence electrons. The number of nitrogens with two attached hydrogens (primary N) is 1. The summed E-state index contributed by atoms with van der Waals surface area (Å²) in [4.78, 5) is 12.7. The summed E-state index contributed by atoms with van der Waals surface area (Å²) in [5.74, 6) is -0.310. The summed E-state index contributed by atoms with van der Waals surface area (Å²) < 4.78 is 25.2. The van der Waals surface area contributed by atoms with E-state index < -0.39 is 17.3 Å². The number of anilines is 1. The summed E-state index contributed by atoms with van der Waals surface area (Å²) in [5.41, 5.74) is 6.65. The molecule has 1 aliphatic rings. The number of nitrogens with one attached hydrogen (secondary N) is 1. The van der Waals surface area contributed by atoms with Crippen molar-refractivity contribution in [3.63, 3.8) is 0 Å². The second kappa shape index (κ2) is 6.27. The maximum Gasteiger partial charge on any atom is 0.258 e. The summed E-state index contributed by atoms with van der Waals surface area (Å²) in [5, 5.41) is 2.90. The van der Waals surface area contributed by atoms with E-state index in [0.29, 0.717) is 17.9 Å². The fourth-order valence-electron chi connectivity index (χ4n) is 3.13. The molecule has 0 spiro atoms. The Hall–Kier alpha value is -2.76. The van der Waals surface area contributed by atoms with Gasteiger partial charge in [0.1, 0.15) is 28.5 Å². The van der Waals surface area contributed by atoms with Crippen molar-refractivity contribution in [3.8, 4) is 11.5 Å². The molecule has 2 aromatic carbocycles. The van der Waals surface area contributed by atoms with E-state index in [9.17, 15) is 9.18 Å². The number of benzene rings is 2. The molecule has 0 aromatic heterocycles. The summed E-state index contributed by atoms with van der Waals surface area (Å²) in [6.07, 6.45) is 0.534. The van der Waals surface area contributed by atoms with Gasteiger partial charge in [0.25, 0.3) is 5.91 Å². The Morgan fingerprint density at radius 3 is 2.84 bits per heavy atom. The number of hydrogen-bond acceptors (Lipinski definition) is 4. The third-order valence-corrected chi connectivity index (χ3v) is 4.22. The molecule has 0 aliphatic carbocycles. The van der Waals surface area contributed by atoms with E-state index in [0.717, 1.165) is 5.56 Å². The number of halogens is 1. The molecular formula is C19H21FN2O3. The number of carbonyl (C=O) groups excluding carboxylic acids is 1. The van der Waals surface area contributed by atoms with Crippen molar-refractivity contribution >= 4 is 11.6 Å². The average Bonchev–Trinajstić information content (AvgIpc) is 2.54. The number of nitrogen functional groups attached to an aromatic ring is 1. The summed E-state index contributed by atoms with van der Waals surface area (Å²) in [6, 6.07) is 9.24. The topological polar surface area (TPSA) is 73.6 Å². The maximum absolute atomic E-state index is 14.2. The van der Waals surface area contributed by atoms with Crippen LogP contribution in [0.4, 0.5) is 10.1 Å². The van der Waals surface area contributed by atoms with Gasteiger partial charge < -0.3 is 20.5 Å². The Morgan fingerprint density at radius 2 is 2.12 bits per heavy atom. The van der Waals surface area contributed by atoms with Crippen molar-refractivity contribution in [2.24, 2.45) is 0 Å². The van der Waals surface area contributed by atoms with Crippen molar-refractivity contribution in [2.75, 3.05) is 12.8 Å². The fraction of sp³-hybridized carbons (Fsp3) is 0.316. The van der Waals surface area contributed by atoms with E-state index in [1.807, 2.05) is 13.8 Å². The molecule has 0 fully saturated rings. The Morgan fingerprint density at radius 1 is 1.36 bits per heavy atom. The highest BCUT2D eigenvalue weighted by molar-refractivity contribution is 5.97. The lowest BCUT2D eigenvalue weighted by Crippen LogP contribution is -2.41. The number of hydrogen-bond donors (Lipinski definition) is 2. The van der Waals surface area contributed by atoms with Crippen LogP contribution in [-0.2, 0) is 0 Å². The van der Waals surface area contributed by atoms with Gasteiger partial charge in [-0.2, -0.15) is 0 Å². The summed E-state index contributed by atoms with van der Waals surface area (Å²) in [7, 11) is 1.40. The Kier molecular flexibility index (Phi) is 4.29. The first-order valence-electron chi connectivity index (χ1n) is 8.02. The first-order chi connectivity index (χ1) is 11.8. The molecule has 1 amide bonds. The van der Waals surface area contributed by atoms with Crippen molar-refractivity contribution in [1.82, 2.24) is 5.32 Å². The molecule has 1 aliphatic heterocycles. The van der Waals surface area contributed by atoms with Gasteiger partial charge >= 0.3 is 0 Å². The first-order valence-corrected chi connectivity index (χ1v) is 8.02. The zero-order chi connectivity index (χ0) is 18.2. The van der Waals surface area contributed by atoms with Crippen LogP contribution in [0.5, 0.6) is 11.5 Å². The Labute approximate surface area is 145 Å². The Balaban J connectivity index is 1.95. The van der Waals surface area contributed by atoms with Crippen LogP contribution in [0.1, 0.15) is 42.2 Å². The maximum atomic E-state index is 14.2. The van der Waals surface area contributed by atoms with Crippen LogP contribution in [-0.4, -0.2) is 18.6 Å². The number of rotatable bonds is 3. The van der Waals surface area contributed by atoms with Gasteiger partial charge in [-0.05, 0) is 44.2 Å². The monoisotopic (exact) mass is 344 g/mol. The van der Waals surface area contributed by atoms with Crippen LogP contribution in [0.3, 0.4) is 0 Å². The third kappa shape index (κ3) is 3.38. The molecule has 1 unspecified atom stereocenters. The predicted octanol–water partition coefficient (Wildman–Crippen LogP) is 3.45. The molecule has 3 rings (SSSR count). The van der Waals surface area contributed by atoms with Gasteiger partial charge in [-0.1, -0.05) is 6.07 Å². The molecule has 1 heterocycles. The minimum Gasteiger partial charge on any atom is -0.496 e. The zero-order valence-corrected chi connectivity index (χ0v) is 14.4. The van der Waals surface area contributed by atoms with Gasteiger partial charge in [0.2, 0.25) is 0 Å². The van der Waals surface area contributed by atoms with E-state index in [4.69, 9.17) is 15.2 Å². The highest BCUT2D eigenvalue weighted by Crippen LogP contribution is 2.40. The predicted molar refractivity (Wildman–Crippen MR) is 93.3 cm³/mol. The van der Waals surface area contributed by atoms with Crippen LogP contribution in [0, 0.1) is 5.82 Å². The van der Waals surface area contributed by atoms with Crippen LogP contribution in [0.25, 0.3) is 0 Å². The van der Waals surface area contributed by atoms with Gasteiger partial charge in [-0.3, -0.25) is 4.79 Å². The van der Waals surface area contributed by atoms with Gasteiger partial charge in [0.15, 0.2) is 0 Å². The summed E-state index contributed by atoms with van der Waals surface area (Å²) in [6.45, 7) is 3.88.